The van der Waals surface area contributed by atoms with Gasteiger partial charge >= 0.3 is 0 Å². The van der Waals surface area contributed by atoms with Gasteiger partial charge in [-0.2, -0.15) is 0 Å². The molecule has 2 bridgehead atoms. The Balaban J connectivity index is 1.63. The molecule has 3 saturated heterocycles. The maximum atomic E-state index is 13.9. The number of nitrogens with one attached hydrogen (secondary N) is 2. The molecule has 0 radical (unpaired) electrons. The number of hydrogen-bond donors (Lipinski definition) is 3. The average molecular weight is 486 g/mol. The molecule has 4 rings (SSSR count). The SMILES string of the molecule is CCCCCNC(=O)C1N([C@@H](CC)CO)C(=O)[C@@H]2[C@@H](C(=O)NCc3ccccc3)[C@@]3(C)CCC12O3. The number of ether oxygens (including phenoxy) is 1. The van der Waals surface area contributed by atoms with Crippen molar-refractivity contribution < 1.29 is 24.2 Å². The van der Waals surface area contributed by atoms with Crippen molar-refractivity contribution in [3.05, 3.63) is 35.9 Å². The lowest BCUT2D eigenvalue weighted by molar-refractivity contribution is -0.149. The fraction of sp³-hybridized carbons (Fsp3) is 0.667. The second-order valence-electron chi connectivity index (χ2n) is 10.4. The highest BCUT2D eigenvalue weighted by Crippen LogP contribution is 2.63. The molecule has 3 amide bonds. The predicted molar refractivity (Wildman–Crippen MR) is 131 cm³/mol. The van der Waals surface area contributed by atoms with Crippen molar-refractivity contribution >= 4 is 17.7 Å². The highest BCUT2D eigenvalue weighted by atomic mass is 16.5. The first-order chi connectivity index (χ1) is 16.8. The Morgan fingerprint density at radius 3 is 2.54 bits per heavy atom. The largest absolute Gasteiger partial charge is 0.394 e. The number of rotatable bonds is 11. The van der Waals surface area contributed by atoms with E-state index in [-0.39, 0.29) is 24.3 Å². The highest BCUT2D eigenvalue weighted by Gasteiger charge is 2.78. The average Bonchev–Trinajstić information content (AvgIpc) is 3.43. The van der Waals surface area contributed by atoms with Crippen LogP contribution in [0.3, 0.4) is 0 Å². The third-order valence-corrected chi connectivity index (χ3v) is 8.21. The molecule has 3 aliphatic heterocycles. The summed E-state index contributed by atoms with van der Waals surface area (Å²) in [5.41, 5.74) is -0.896. The second kappa shape index (κ2) is 10.3. The Morgan fingerprint density at radius 1 is 1.14 bits per heavy atom. The second-order valence-corrected chi connectivity index (χ2v) is 10.4. The normalized spacial score (nSPS) is 31.9. The summed E-state index contributed by atoms with van der Waals surface area (Å²) in [5.74, 6) is -2.17. The molecule has 2 unspecified atom stereocenters. The molecule has 1 aromatic rings. The molecule has 192 valence electrons. The first-order valence-corrected chi connectivity index (χ1v) is 13.1. The topological polar surface area (TPSA) is 108 Å². The van der Waals surface area contributed by atoms with Gasteiger partial charge in [-0.25, -0.2) is 0 Å². The van der Waals surface area contributed by atoms with Gasteiger partial charge in [0.05, 0.1) is 30.1 Å². The summed E-state index contributed by atoms with van der Waals surface area (Å²) < 4.78 is 6.59. The van der Waals surface area contributed by atoms with Crippen molar-refractivity contribution in [1.82, 2.24) is 15.5 Å². The van der Waals surface area contributed by atoms with E-state index in [1.165, 1.54) is 4.90 Å². The third kappa shape index (κ3) is 4.35. The first-order valence-electron chi connectivity index (χ1n) is 13.1. The minimum absolute atomic E-state index is 0.225. The van der Waals surface area contributed by atoms with Crippen LogP contribution in [0.2, 0.25) is 0 Å². The van der Waals surface area contributed by atoms with E-state index >= 15 is 0 Å². The number of amides is 3. The summed E-state index contributed by atoms with van der Waals surface area (Å²) in [6.07, 6.45) is 4.55. The van der Waals surface area contributed by atoms with Crippen LogP contribution in [0.5, 0.6) is 0 Å². The maximum absolute atomic E-state index is 13.9. The van der Waals surface area contributed by atoms with Crippen molar-refractivity contribution in [3.8, 4) is 0 Å². The van der Waals surface area contributed by atoms with Gasteiger partial charge in [-0.1, -0.05) is 57.0 Å². The number of fused-ring (bicyclic) bond motifs is 1. The monoisotopic (exact) mass is 485 g/mol. The Kier molecular flexibility index (Phi) is 7.52. The number of benzene rings is 1. The van der Waals surface area contributed by atoms with Gasteiger partial charge in [0.25, 0.3) is 0 Å². The fourth-order valence-corrected chi connectivity index (χ4v) is 6.45. The van der Waals surface area contributed by atoms with Crippen molar-refractivity contribution in [2.45, 2.75) is 89.1 Å². The zero-order chi connectivity index (χ0) is 25.2. The van der Waals surface area contributed by atoms with E-state index in [0.717, 1.165) is 24.8 Å². The molecule has 8 nitrogen and oxygen atoms in total. The number of aliphatic hydroxyl groups is 1. The molecular formula is C27H39N3O5. The van der Waals surface area contributed by atoms with Gasteiger partial charge in [0, 0.05) is 13.1 Å². The number of nitrogens with zero attached hydrogens (tertiary/aromatic N) is 1. The van der Waals surface area contributed by atoms with Crippen LogP contribution in [0.1, 0.15) is 64.9 Å². The predicted octanol–water partition coefficient (Wildman–Crippen LogP) is 2.14. The van der Waals surface area contributed by atoms with Crippen LogP contribution in [0.25, 0.3) is 0 Å². The lowest BCUT2D eigenvalue weighted by atomic mass is 9.66. The van der Waals surface area contributed by atoms with Crippen LogP contribution in [0.15, 0.2) is 30.3 Å². The van der Waals surface area contributed by atoms with Crippen LogP contribution in [-0.4, -0.2) is 64.2 Å². The number of carbonyl (C=O) groups excluding carboxylic acids is 3. The Labute approximate surface area is 207 Å². The lowest BCUT2D eigenvalue weighted by Crippen LogP contribution is -2.58. The van der Waals surface area contributed by atoms with E-state index in [4.69, 9.17) is 4.74 Å². The number of unbranched alkanes of at least 4 members (excludes halogenated alkanes) is 2. The van der Waals surface area contributed by atoms with E-state index in [1.54, 1.807) is 0 Å². The van der Waals surface area contributed by atoms with Crippen molar-refractivity contribution in [3.63, 3.8) is 0 Å². The lowest BCUT2D eigenvalue weighted by Gasteiger charge is -2.36. The zero-order valence-corrected chi connectivity index (χ0v) is 21.1. The van der Waals surface area contributed by atoms with Gasteiger partial charge in [-0.05, 0) is 38.2 Å². The molecule has 8 heteroatoms. The molecule has 6 atom stereocenters. The number of likely N-dealkylation sites (tertiary alicyclic amines) is 1. The molecule has 35 heavy (non-hydrogen) atoms. The van der Waals surface area contributed by atoms with Crippen LogP contribution in [0.4, 0.5) is 0 Å². The molecule has 0 aliphatic carbocycles. The zero-order valence-electron chi connectivity index (χ0n) is 21.1. The fourth-order valence-electron chi connectivity index (χ4n) is 6.45. The Morgan fingerprint density at radius 2 is 1.89 bits per heavy atom. The summed E-state index contributed by atoms with van der Waals surface area (Å²) in [5, 5.41) is 16.1. The number of carbonyl (C=O) groups is 3. The van der Waals surface area contributed by atoms with Gasteiger partial charge in [0.2, 0.25) is 17.7 Å². The molecular weight excluding hydrogens is 446 g/mol. The van der Waals surface area contributed by atoms with E-state index in [1.807, 2.05) is 44.2 Å². The van der Waals surface area contributed by atoms with Crippen LogP contribution >= 0.6 is 0 Å². The summed E-state index contributed by atoms with van der Waals surface area (Å²) in [7, 11) is 0. The first kappa shape index (κ1) is 25.6. The number of hydrogen-bond acceptors (Lipinski definition) is 5. The Bertz CT molecular complexity index is 936. The smallest absolute Gasteiger partial charge is 0.245 e. The summed E-state index contributed by atoms with van der Waals surface area (Å²) in [4.78, 5) is 42.5. The molecule has 1 spiro atoms. The van der Waals surface area contributed by atoms with E-state index < -0.39 is 35.1 Å². The van der Waals surface area contributed by atoms with Gasteiger partial charge < -0.3 is 25.4 Å². The van der Waals surface area contributed by atoms with Crippen LogP contribution in [-0.2, 0) is 25.7 Å². The van der Waals surface area contributed by atoms with Crippen molar-refractivity contribution in [2.75, 3.05) is 13.2 Å². The van der Waals surface area contributed by atoms with E-state index in [9.17, 15) is 19.5 Å². The Hall–Kier alpha value is -2.45. The van der Waals surface area contributed by atoms with E-state index in [2.05, 4.69) is 17.6 Å². The van der Waals surface area contributed by atoms with Crippen LogP contribution < -0.4 is 10.6 Å². The minimum atomic E-state index is -1.06. The summed E-state index contributed by atoms with van der Waals surface area (Å²) in [6, 6.07) is 8.28. The molecule has 3 aliphatic rings. The molecule has 0 saturated carbocycles. The maximum Gasteiger partial charge on any atom is 0.245 e. The molecule has 3 heterocycles. The van der Waals surface area contributed by atoms with Gasteiger partial charge in [0.15, 0.2) is 0 Å². The number of aliphatic hydroxyl groups excluding tert-OH is 1. The minimum Gasteiger partial charge on any atom is -0.394 e. The van der Waals surface area contributed by atoms with Crippen molar-refractivity contribution in [2.24, 2.45) is 11.8 Å². The standard InChI is InChI=1S/C27H39N3O5/c1-4-6-10-15-28-24(33)22-27-14-13-26(3,35-27)20(21(27)25(34)30(22)19(5-2)17-31)23(32)29-16-18-11-8-7-9-12-18/h7-9,11-12,19-22,31H,4-6,10,13-17H2,1-3H3,(H,28,33)(H,29,32)/t19-,20-,21-,22?,26+,27?/m0/s1. The van der Waals surface area contributed by atoms with Gasteiger partial charge in [0.1, 0.15) is 11.6 Å². The quantitative estimate of drug-likeness (QED) is 0.416. The molecule has 3 fully saturated rings. The van der Waals surface area contributed by atoms with Crippen molar-refractivity contribution in [1.29, 1.82) is 0 Å². The molecule has 0 aromatic heterocycles. The molecule has 1 aromatic carbocycles. The third-order valence-electron chi connectivity index (χ3n) is 8.21. The van der Waals surface area contributed by atoms with E-state index in [0.29, 0.717) is 32.4 Å². The van der Waals surface area contributed by atoms with Crippen LogP contribution in [0, 0.1) is 11.8 Å². The van der Waals surface area contributed by atoms with Gasteiger partial charge in [-0.3, -0.25) is 14.4 Å². The summed E-state index contributed by atoms with van der Waals surface area (Å²) in [6.45, 7) is 6.53. The highest BCUT2D eigenvalue weighted by molar-refractivity contribution is 5.99. The summed E-state index contributed by atoms with van der Waals surface area (Å²) >= 11 is 0. The molecule has 3 N–H and O–H groups in total. The van der Waals surface area contributed by atoms with Gasteiger partial charge in [-0.15, -0.1) is 0 Å².